The average molecular weight is 378 g/mol. The average Bonchev–Trinajstić information content (AvgIpc) is 2.95. The van der Waals surface area contributed by atoms with Crippen molar-refractivity contribution in [2.24, 2.45) is 10.7 Å². The van der Waals surface area contributed by atoms with Crippen LogP contribution in [0.5, 0.6) is 0 Å². The Balaban J connectivity index is 1.79. The number of carbonyl (C=O) groups is 1. The van der Waals surface area contributed by atoms with Crippen molar-refractivity contribution in [1.29, 1.82) is 0 Å². The number of aliphatic imine (C=N–C) groups is 1. The molecule has 0 bridgehead atoms. The molecule has 2 N–H and O–H groups in total. The van der Waals surface area contributed by atoms with Gasteiger partial charge in [0.25, 0.3) is 5.91 Å². The first-order valence-corrected chi connectivity index (χ1v) is 9.01. The van der Waals surface area contributed by atoms with Crippen LogP contribution in [0.4, 0.5) is 10.1 Å². The van der Waals surface area contributed by atoms with E-state index in [2.05, 4.69) is 9.89 Å². The van der Waals surface area contributed by atoms with Gasteiger partial charge in [-0.05, 0) is 47.5 Å². The molecule has 0 radical (unpaired) electrons. The van der Waals surface area contributed by atoms with Gasteiger partial charge in [-0.15, -0.1) is 0 Å². The molecular formula is C22H23FN4O. The lowest BCUT2D eigenvalue weighted by Gasteiger charge is -2.18. The van der Waals surface area contributed by atoms with E-state index in [-0.39, 0.29) is 11.7 Å². The molecule has 6 heteroatoms. The maximum Gasteiger partial charge on any atom is 0.277 e. The second kappa shape index (κ2) is 8.63. The third-order valence-electron chi connectivity index (χ3n) is 4.48. The van der Waals surface area contributed by atoms with E-state index in [0.29, 0.717) is 23.6 Å². The number of hydrogen-bond donors (Lipinski definition) is 1. The molecule has 0 saturated carbocycles. The molecule has 3 rings (SSSR count). The number of likely N-dealkylation sites (N-methyl/N-ethyl adjacent to an activating group) is 2. The summed E-state index contributed by atoms with van der Waals surface area (Å²) in [4.78, 5) is 20.4. The molecule has 5 nitrogen and oxygen atoms in total. The van der Waals surface area contributed by atoms with Gasteiger partial charge in [-0.25, -0.2) is 9.38 Å². The minimum atomic E-state index is -0.305. The summed E-state index contributed by atoms with van der Waals surface area (Å²) in [5, 5.41) is 0. The Kier molecular flexibility index (Phi) is 6.01. The molecule has 1 amide bonds. The van der Waals surface area contributed by atoms with Gasteiger partial charge in [-0.2, -0.15) is 0 Å². The molecule has 28 heavy (non-hydrogen) atoms. The predicted octanol–water partition coefficient (Wildman–Crippen LogP) is 3.15. The third-order valence-corrected chi connectivity index (χ3v) is 4.48. The summed E-state index contributed by atoms with van der Waals surface area (Å²) in [6.45, 7) is 1.36. The number of amidine groups is 1. The lowest BCUT2D eigenvalue weighted by Crippen LogP contribution is -2.26. The molecule has 0 aliphatic carbocycles. The first-order chi connectivity index (χ1) is 13.5. The van der Waals surface area contributed by atoms with Crippen LogP contribution < -0.4 is 10.6 Å². The quantitative estimate of drug-likeness (QED) is 0.786. The van der Waals surface area contributed by atoms with Crippen molar-refractivity contribution < 1.29 is 9.18 Å². The topological polar surface area (TPSA) is 61.9 Å². The molecule has 0 unspecified atom stereocenters. The van der Waals surface area contributed by atoms with Crippen LogP contribution in [0, 0.1) is 5.82 Å². The van der Waals surface area contributed by atoms with Crippen molar-refractivity contribution in [3.8, 4) is 0 Å². The summed E-state index contributed by atoms with van der Waals surface area (Å²) in [6.07, 6.45) is 5.20. The summed E-state index contributed by atoms with van der Waals surface area (Å²) in [5.41, 5.74) is 8.61. The number of rotatable bonds is 6. The van der Waals surface area contributed by atoms with Gasteiger partial charge in [-0.3, -0.25) is 9.69 Å². The fraction of sp³-hybridized carbons (Fsp3) is 0.182. The van der Waals surface area contributed by atoms with Gasteiger partial charge < -0.3 is 10.6 Å². The molecule has 1 aliphatic rings. The minimum absolute atomic E-state index is 0.178. The Morgan fingerprint density at radius 3 is 2.57 bits per heavy atom. The molecule has 1 aliphatic heterocycles. The molecule has 0 aromatic heterocycles. The van der Waals surface area contributed by atoms with Gasteiger partial charge in [0.1, 0.15) is 17.3 Å². The third kappa shape index (κ3) is 4.53. The monoisotopic (exact) mass is 378 g/mol. The van der Waals surface area contributed by atoms with E-state index in [1.807, 2.05) is 31.3 Å². The summed E-state index contributed by atoms with van der Waals surface area (Å²) in [7, 11) is 3.65. The smallest absolute Gasteiger partial charge is 0.277 e. The number of amides is 1. The van der Waals surface area contributed by atoms with Crippen LogP contribution >= 0.6 is 0 Å². The highest BCUT2D eigenvalue weighted by atomic mass is 19.1. The number of nitrogens with two attached hydrogens (primary N) is 1. The first-order valence-electron chi connectivity index (χ1n) is 9.01. The molecule has 0 fully saturated rings. The number of nitrogens with zero attached hydrogens (tertiary/aromatic N) is 3. The van der Waals surface area contributed by atoms with Crippen LogP contribution in [0.1, 0.15) is 11.1 Å². The lowest BCUT2D eigenvalue weighted by molar-refractivity contribution is -0.121. The number of carbonyl (C=O) groups excluding carboxylic acids is 1. The maximum absolute atomic E-state index is 13.3. The van der Waals surface area contributed by atoms with E-state index in [0.717, 1.165) is 17.8 Å². The summed E-state index contributed by atoms with van der Waals surface area (Å²) >= 11 is 0. The number of hydrogen-bond acceptors (Lipinski definition) is 4. The van der Waals surface area contributed by atoms with E-state index >= 15 is 0 Å². The van der Waals surface area contributed by atoms with E-state index in [9.17, 15) is 9.18 Å². The number of halogens is 1. The van der Waals surface area contributed by atoms with Crippen LogP contribution in [0.3, 0.4) is 0 Å². The number of benzene rings is 2. The number of anilines is 1. The van der Waals surface area contributed by atoms with Crippen molar-refractivity contribution in [3.63, 3.8) is 0 Å². The van der Waals surface area contributed by atoms with Crippen LogP contribution in [0.25, 0.3) is 12.2 Å². The summed E-state index contributed by atoms with van der Waals surface area (Å²) in [5.74, 6) is 0.0316. The van der Waals surface area contributed by atoms with Gasteiger partial charge in [0.05, 0.1) is 0 Å². The molecule has 2 aromatic rings. The Hall–Kier alpha value is -3.25. The Morgan fingerprint density at radius 2 is 1.89 bits per heavy atom. The summed E-state index contributed by atoms with van der Waals surface area (Å²) in [6, 6.07) is 14.1. The standard InChI is InChI=1S/C22H23FN4O/c1-26(13-12-24)19-9-6-17(7-10-19)15-20-22(28)27(2)21(25-20)11-8-16-4-3-5-18(23)14-16/h3-11,14-15H,12-13,24H2,1-2H3/b11-8+,20-15-. The molecule has 0 saturated heterocycles. The predicted molar refractivity (Wildman–Crippen MR) is 112 cm³/mol. The lowest BCUT2D eigenvalue weighted by atomic mass is 10.1. The largest absolute Gasteiger partial charge is 0.373 e. The summed E-state index contributed by atoms with van der Waals surface area (Å²) < 4.78 is 13.3. The van der Waals surface area contributed by atoms with Gasteiger partial charge in [0.15, 0.2) is 0 Å². The van der Waals surface area contributed by atoms with E-state index in [1.165, 1.54) is 17.0 Å². The second-order valence-electron chi connectivity index (χ2n) is 6.55. The highest BCUT2D eigenvalue weighted by Gasteiger charge is 2.25. The van der Waals surface area contributed by atoms with Crippen molar-refractivity contribution in [3.05, 3.63) is 77.2 Å². The van der Waals surface area contributed by atoms with Crippen LogP contribution in [-0.4, -0.2) is 43.8 Å². The van der Waals surface area contributed by atoms with Crippen LogP contribution in [0.15, 0.2) is 65.3 Å². The molecule has 1 heterocycles. The van der Waals surface area contributed by atoms with Crippen molar-refractivity contribution in [1.82, 2.24) is 4.90 Å². The molecule has 0 spiro atoms. The van der Waals surface area contributed by atoms with E-state index in [4.69, 9.17) is 5.73 Å². The maximum atomic E-state index is 13.3. The van der Waals surface area contributed by atoms with Crippen molar-refractivity contribution in [2.75, 3.05) is 32.1 Å². The molecule has 2 aromatic carbocycles. The molecule has 144 valence electrons. The van der Waals surface area contributed by atoms with Crippen LogP contribution in [0.2, 0.25) is 0 Å². The van der Waals surface area contributed by atoms with E-state index < -0.39 is 0 Å². The fourth-order valence-electron chi connectivity index (χ4n) is 2.85. The first kappa shape index (κ1) is 19.5. The molecular weight excluding hydrogens is 355 g/mol. The minimum Gasteiger partial charge on any atom is -0.373 e. The molecule has 0 atom stereocenters. The van der Waals surface area contributed by atoms with Gasteiger partial charge in [0, 0.05) is 32.9 Å². The van der Waals surface area contributed by atoms with Crippen LogP contribution in [-0.2, 0) is 4.79 Å². The van der Waals surface area contributed by atoms with Gasteiger partial charge in [0.2, 0.25) is 0 Å². The highest BCUT2D eigenvalue weighted by Crippen LogP contribution is 2.20. The SMILES string of the molecule is CN1C(=O)/C(=C/c2ccc(N(C)CCN)cc2)N=C1/C=C/c1cccc(F)c1. The zero-order chi connectivity index (χ0) is 20.1. The zero-order valence-corrected chi connectivity index (χ0v) is 16.0. The second-order valence-corrected chi connectivity index (χ2v) is 6.55. The Labute approximate surface area is 164 Å². The normalized spacial score (nSPS) is 15.6. The van der Waals surface area contributed by atoms with Crippen molar-refractivity contribution in [2.45, 2.75) is 0 Å². The van der Waals surface area contributed by atoms with Crippen molar-refractivity contribution >= 4 is 29.6 Å². The fourth-order valence-corrected chi connectivity index (χ4v) is 2.85. The van der Waals surface area contributed by atoms with E-state index in [1.54, 1.807) is 37.4 Å². The van der Waals surface area contributed by atoms with Gasteiger partial charge >= 0.3 is 0 Å². The highest BCUT2D eigenvalue weighted by molar-refractivity contribution is 6.18. The Bertz CT molecular complexity index is 947. The Morgan fingerprint density at radius 1 is 1.14 bits per heavy atom. The van der Waals surface area contributed by atoms with Gasteiger partial charge in [-0.1, -0.05) is 30.3 Å². The zero-order valence-electron chi connectivity index (χ0n) is 16.0.